The first-order chi connectivity index (χ1) is 10.5. The number of nitrogens with one attached hydrogen (secondary N) is 1. The highest BCUT2D eigenvalue weighted by Crippen LogP contribution is 2.15. The number of thiazole rings is 1. The van der Waals surface area contributed by atoms with Gasteiger partial charge in [0, 0.05) is 18.0 Å². The van der Waals surface area contributed by atoms with Crippen LogP contribution in [0.1, 0.15) is 25.1 Å². The van der Waals surface area contributed by atoms with Crippen molar-refractivity contribution < 1.29 is 9.59 Å². The lowest BCUT2D eigenvalue weighted by Gasteiger charge is -2.26. The van der Waals surface area contributed by atoms with Crippen molar-refractivity contribution in [1.29, 1.82) is 0 Å². The van der Waals surface area contributed by atoms with Gasteiger partial charge >= 0.3 is 11.8 Å². The summed E-state index contributed by atoms with van der Waals surface area (Å²) in [6, 6.07) is 9.54. The summed E-state index contributed by atoms with van der Waals surface area (Å²) in [6.45, 7) is 6.02. The summed E-state index contributed by atoms with van der Waals surface area (Å²) in [7, 11) is 0. The van der Waals surface area contributed by atoms with E-state index in [9.17, 15) is 9.59 Å². The quantitative estimate of drug-likeness (QED) is 0.882. The van der Waals surface area contributed by atoms with Crippen LogP contribution in [0.3, 0.4) is 0 Å². The van der Waals surface area contributed by atoms with Crippen LogP contribution in [0, 0.1) is 6.92 Å². The Labute approximate surface area is 134 Å². The van der Waals surface area contributed by atoms with Gasteiger partial charge in [-0.15, -0.1) is 11.3 Å². The maximum Gasteiger partial charge on any atom is 0.315 e. The zero-order valence-corrected chi connectivity index (χ0v) is 13.7. The molecule has 5 nitrogen and oxygen atoms in total. The minimum Gasteiger partial charge on any atom is -0.328 e. The van der Waals surface area contributed by atoms with Crippen LogP contribution in [0.2, 0.25) is 0 Å². The van der Waals surface area contributed by atoms with Crippen molar-refractivity contribution in [2.75, 3.05) is 5.32 Å². The Bertz CT molecular complexity index is 652. The molecule has 22 heavy (non-hydrogen) atoms. The molecule has 0 aliphatic heterocycles. The van der Waals surface area contributed by atoms with Crippen LogP contribution in [0.4, 0.5) is 5.13 Å². The number of hydrogen-bond donors (Lipinski definition) is 1. The molecule has 2 aromatic rings. The maximum atomic E-state index is 12.4. The summed E-state index contributed by atoms with van der Waals surface area (Å²) in [5.41, 5.74) is 1.81. The molecule has 1 aromatic heterocycles. The molecular formula is C16H19N3O2S. The number of benzene rings is 1. The minimum absolute atomic E-state index is 0.0727. The van der Waals surface area contributed by atoms with Crippen molar-refractivity contribution in [2.24, 2.45) is 0 Å². The van der Waals surface area contributed by atoms with E-state index in [2.05, 4.69) is 10.3 Å². The van der Waals surface area contributed by atoms with Gasteiger partial charge in [0.2, 0.25) is 0 Å². The molecule has 1 heterocycles. The Morgan fingerprint density at radius 1 is 1.27 bits per heavy atom. The van der Waals surface area contributed by atoms with Gasteiger partial charge in [-0.3, -0.25) is 14.9 Å². The Morgan fingerprint density at radius 2 is 1.95 bits per heavy atom. The van der Waals surface area contributed by atoms with Gasteiger partial charge in [-0.1, -0.05) is 30.3 Å². The molecule has 0 atom stereocenters. The number of aryl methyl sites for hydroxylation is 1. The Morgan fingerprint density at radius 3 is 2.50 bits per heavy atom. The number of carbonyl (C=O) groups excluding carboxylic acids is 2. The average Bonchev–Trinajstić information content (AvgIpc) is 2.90. The lowest BCUT2D eigenvalue weighted by molar-refractivity contribution is -0.144. The predicted octanol–water partition coefficient (Wildman–Crippen LogP) is 2.83. The van der Waals surface area contributed by atoms with Gasteiger partial charge in [0.15, 0.2) is 5.13 Å². The smallest absolute Gasteiger partial charge is 0.315 e. The normalized spacial score (nSPS) is 10.5. The van der Waals surface area contributed by atoms with E-state index in [1.165, 1.54) is 11.3 Å². The molecule has 2 amide bonds. The topological polar surface area (TPSA) is 62.3 Å². The number of rotatable bonds is 4. The van der Waals surface area contributed by atoms with E-state index in [1.807, 2.05) is 56.5 Å². The second kappa shape index (κ2) is 7.17. The van der Waals surface area contributed by atoms with Gasteiger partial charge in [0.1, 0.15) is 0 Å². The number of carbonyl (C=O) groups is 2. The summed E-state index contributed by atoms with van der Waals surface area (Å²) >= 11 is 1.31. The van der Waals surface area contributed by atoms with Crippen LogP contribution in [0.5, 0.6) is 0 Å². The predicted molar refractivity (Wildman–Crippen MR) is 87.6 cm³/mol. The molecule has 1 aromatic carbocycles. The molecule has 0 radical (unpaired) electrons. The first-order valence-electron chi connectivity index (χ1n) is 7.05. The second-order valence-corrected chi connectivity index (χ2v) is 6.12. The molecule has 0 saturated heterocycles. The number of nitrogens with zero attached hydrogens (tertiary/aromatic N) is 2. The average molecular weight is 317 g/mol. The summed E-state index contributed by atoms with van der Waals surface area (Å²) in [6.07, 6.45) is 0. The van der Waals surface area contributed by atoms with Crippen molar-refractivity contribution in [2.45, 2.75) is 33.4 Å². The molecule has 0 saturated carbocycles. The highest BCUT2D eigenvalue weighted by atomic mass is 32.1. The monoisotopic (exact) mass is 317 g/mol. The highest BCUT2D eigenvalue weighted by Gasteiger charge is 2.25. The number of hydrogen-bond acceptors (Lipinski definition) is 4. The molecule has 0 aliphatic carbocycles. The standard InChI is InChI=1S/C16H19N3O2S/c1-11(2)19(9-13-7-5-4-6-8-13)15(21)14(20)18-16-17-12(3)10-22-16/h4-8,10-11H,9H2,1-3H3,(H,17,18,20). The fourth-order valence-electron chi connectivity index (χ4n) is 1.96. The van der Waals surface area contributed by atoms with Crippen LogP contribution in [-0.2, 0) is 16.1 Å². The zero-order valence-electron chi connectivity index (χ0n) is 12.9. The van der Waals surface area contributed by atoms with Gasteiger partial charge in [-0.25, -0.2) is 4.98 Å². The van der Waals surface area contributed by atoms with Gasteiger partial charge in [-0.05, 0) is 26.3 Å². The first kappa shape index (κ1) is 16.2. The second-order valence-electron chi connectivity index (χ2n) is 5.26. The molecule has 6 heteroatoms. The van der Waals surface area contributed by atoms with Crippen LogP contribution >= 0.6 is 11.3 Å². The third kappa shape index (κ3) is 4.14. The molecule has 116 valence electrons. The largest absolute Gasteiger partial charge is 0.328 e. The highest BCUT2D eigenvalue weighted by molar-refractivity contribution is 7.14. The van der Waals surface area contributed by atoms with Crippen LogP contribution in [-0.4, -0.2) is 27.7 Å². The van der Waals surface area contributed by atoms with Gasteiger partial charge in [-0.2, -0.15) is 0 Å². The zero-order chi connectivity index (χ0) is 16.1. The van der Waals surface area contributed by atoms with Crippen LogP contribution < -0.4 is 5.32 Å². The minimum atomic E-state index is -0.654. The van der Waals surface area contributed by atoms with Crippen LogP contribution in [0.25, 0.3) is 0 Å². The molecule has 0 bridgehead atoms. The van der Waals surface area contributed by atoms with Gasteiger partial charge < -0.3 is 4.90 Å². The fourth-order valence-corrected chi connectivity index (χ4v) is 2.64. The SMILES string of the molecule is Cc1csc(NC(=O)C(=O)N(Cc2ccccc2)C(C)C)n1. The van der Waals surface area contributed by atoms with Crippen molar-refractivity contribution in [3.05, 3.63) is 47.0 Å². The summed E-state index contributed by atoms with van der Waals surface area (Å²) in [5.74, 6) is -1.20. The number of aromatic nitrogens is 1. The van der Waals surface area contributed by atoms with E-state index in [-0.39, 0.29) is 6.04 Å². The Balaban J connectivity index is 2.07. The third-order valence-electron chi connectivity index (χ3n) is 3.11. The molecule has 1 N–H and O–H groups in total. The van der Waals surface area contributed by atoms with Crippen LogP contribution in [0.15, 0.2) is 35.7 Å². The fraction of sp³-hybridized carbons (Fsp3) is 0.312. The van der Waals surface area contributed by atoms with E-state index >= 15 is 0 Å². The van der Waals surface area contributed by atoms with Gasteiger partial charge in [0.25, 0.3) is 0 Å². The van der Waals surface area contributed by atoms with Crippen molar-refractivity contribution in [3.8, 4) is 0 Å². The van der Waals surface area contributed by atoms with E-state index < -0.39 is 11.8 Å². The van der Waals surface area contributed by atoms with E-state index in [0.29, 0.717) is 11.7 Å². The maximum absolute atomic E-state index is 12.4. The van der Waals surface area contributed by atoms with E-state index in [4.69, 9.17) is 0 Å². The molecular weight excluding hydrogens is 298 g/mol. The molecule has 0 unspecified atom stereocenters. The molecule has 0 spiro atoms. The van der Waals surface area contributed by atoms with Gasteiger partial charge in [0.05, 0.1) is 5.69 Å². The van der Waals surface area contributed by atoms with E-state index in [0.717, 1.165) is 11.3 Å². The summed E-state index contributed by atoms with van der Waals surface area (Å²) in [5, 5.41) is 4.83. The molecule has 2 rings (SSSR count). The lowest BCUT2D eigenvalue weighted by Crippen LogP contribution is -2.43. The van der Waals surface area contributed by atoms with Crippen molar-refractivity contribution >= 4 is 28.3 Å². The first-order valence-corrected chi connectivity index (χ1v) is 7.93. The Hall–Kier alpha value is -2.21. The molecule has 0 aliphatic rings. The summed E-state index contributed by atoms with van der Waals surface area (Å²) < 4.78 is 0. The summed E-state index contributed by atoms with van der Waals surface area (Å²) in [4.78, 5) is 30.2. The third-order valence-corrected chi connectivity index (χ3v) is 3.99. The Kier molecular flexibility index (Phi) is 5.27. The van der Waals surface area contributed by atoms with Crippen molar-refractivity contribution in [1.82, 2.24) is 9.88 Å². The number of anilines is 1. The lowest BCUT2D eigenvalue weighted by atomic mass is 10.2. The van der Waals surface area contributed by atoms with Crippen molar-refractivity contribution in [3.63, 3.8) is 0 Å². The van der Waals surface area contributed by atoms with E-state index in [1.54, 1.807) is 4.90 Å². The number of amides is 2. The molecule has 0 fully saturated rings.